The average Bonchev–Trinajstić information content (AvgIpc) is 3.35. The van der Waals surface area contributed by atoms with Gasteiger partial charge in [-0.05, 0) is 5.56 Å². The molecule has 11 heteroatoms. The van der Waals surface area contributed by atoms with Gasteiger partial charge in [0.05, 0.1) is 6.07 Å². The second-order valence-corrected chi connectivity index (χ2v) is 8.00. The molecule has 0 atom stereocenters. The number of nitrogens with zero attached hydrogens (tertiary/aromatic N) is 5. The molecule has 0 unspecified atom stereocenters. The second-order valence-electron chi connectivity index (χ2n) is 5.80. The first-order valence-electron chi connectivity index (χ1n) is 8.63. The maximum Gasteiger partial charge on any atom is 0.226 e. The van der Waals surface area contributed by atoms with Gasteiger partial charge in [0.15, 0.2) is 10.2 Å². The van der Waals surface area contributed by atoms with E-state index < -0.39 is 0 Å². The van der Waals surface area contributed by atoms with Crippen molar-refractivity contribution < 1.29 is 9.59 Å². The molecule has 2 heterocycles. The molecule has 0 saturated heterocycles. The molecule has 0 aliphatic rings. The summed E-state index contributed by atoms with van der Waals surface area (Å²) in [6.45, 7) is 0.103. The van der Waals surface area contributed by atoms with Crippen molar-refractivity contribution in [2.75, 3.05) is 10.6 Å². The van der Waals surface area contributed by atoms with Crippen LogP contribution in [0.1, 0.15) is 18.4 Å². The van der Waals surface area contributed by atoms with Gasteiger partial charge in [-0.15, -0.1) is 10.2 Å². The van der Waals surface area contributed by atoms with Crippen LogP contribution < -0.4 is 10.6 Å². The van der Waals surface area contributed by atoms with Gasteiger partial charge >= 0.3 is 0 Å². The van der Waals surface area contributed by atoms with Crippen molar-refractivity contribution >= 4 is 45.9 Å². The second kappa shape index (κ2) is 10.4. The lowest BCUT2D eigenvalue weighted by Gasteiger charge is -2.02. The summed E-state index contributed by atoms with van der Waals surface area (Å²) in [6, 6.07) is 13.5. The molecule has 0 radical (unpaired) electrons. The standard InChI is InChI=1S/C18H17N7O2S2/c19-9-11-25-10-8-14(24-25)20-15(26)6-7-16(27)21-17-22-23-18(29-17)28-12-13-4-2-1-3-5-13/h1-5,8,10H,6-7,11-12H2,(H,20,24,26)(H,21,22,27). The Labute approximate surface area is 175 Å². The van der Waals surface area contributed by atoms with Crippen molar-refractivity contribution in [3.05, 3.63) is 48.2 Å². The fraction of sp³-hybridized carbons (Fsp3) is 0.222. The minimum atomic E-state index is -0.335. The lowest BCUT2D eigenvalue weighted by Crippen LogP contribution is -2.17. The van der Waals surface area contributed by atoms with Gasteiger partial charge in [0, 0.05) is 30.9 Å². The summed E-state index contributed by atoms with van der Waals surface area (Å²) in [7, 11) is 0. The first-order valence-corrected chi connectivity index (χ1v) is 10.4. The van der Waals surface area contributed by atoms with Crippen LogP contribution in [0.4, 0.5) is 10.9 Å². The fourth-order valence-corrected chi connectivity index (χ4v) is 3.96. The summed E-state index contributed by atoms with van der Waals surface area (Å²) in [4.78, 5) is 24.0. The SMILES string of the molecule is N#CCn1ccc(NC(=O)CCC(=O)Nc2nnc(SCc3ccccc3)s2)n1. The predicted octanol–water partition coefficient (Wildman–Crippen LogP) is 2.91. The van der Waals surface area contributed by atoms with Crippen LogP contribution >= 0.6 is 23.1 Å². The zero-order valence-electron chi connectivity index (χ0n) is 15.2. The molecule has 1 aromatic carbocycles. The normalized spacial score (nSPS) is 10.3. The van der Waals surface area contributed by atoms with Crippen LogP contribution in [-0.4, -0.2) is 31.8 Å². The highest BCUT2D eigenvalue weighted by Gasteiger charge is 2.12. The third kappa shape index (κ3) is 6.70. The van der Waals surface area contributed by atoms with Gasteiger partial charge in [-0.3, -0.25) is 14.3 Å². The molecule has 9 nitrogen and oxygen atoms in total. The zero-order valence-corrected chi connectivity index (χ0v) is 16.9. The van der Waals surface area contributed by atoms with E-state index >= 15 is 0 Å². The number of nitriles is 1. The molecule has 0 spiro atoms. The van der Waals surface area contributed by atoms with Crippen molar-refractivity contribution in [2.45, 2.75) is 29.5 Å². The Hall–Kier alpha value is -3.23. The zero-order chi connectivity index (χ0) is 20.5. The number of nitrogens with one attached hydrogen (secondary N) is 2. The Morgan fingerprint density at radius 1 is 1.10 bits per heavy atom. The first-order chi connectivity index (χ1) is 14.1. The molecule has 3 rings (SSSR count). The number of carbonyl (C=O) groups is 2. The smallest absolute Gasteiger partial charge is 0.226 e. The third-order valence-corrected chi connectivity index (χ3v) is 5.62. The van der Waals surface area contributed by atoms with Crippen LogP contribution in [0.5, 0.6) is 0 Å². The summed E-state index contributed by atoms with van der Waals surface area (Å²) in [5.41, 5.74) is 1.18. The van der Waals surface area contributed by atoms with Crippen LogP contribution in [0.3, 0.4) is 0 Å². The molecular formula is C18H17N7O2S2. The van der Waals surface area contributed by atoms with Gasteiger partial charge in [0.2, 0.25) is 16.9 Å². The lowest BCUT2D eigenvalue weighted by atomic mass is 10.2. The van der Waals surface area contributed by atoms with Crippen molar-refractivity contribution in [2.24, 2.45) is 0 Å². The quantitative estimate of drug-likeness (QED) is 0.397. The Morgan fingerprint density at radius 2 is 1.86 bits per heavy atom. The summed E-state index contributed by atoms with van der Waals surface area (Å²) < 4.78 is 2.17. The van der Waals surface area contributed by atoms with Crippen molar-refractivity contribution in [1.82, 2.24) is 20.0 Å². The maximum atomic E-state index is 12.0. The van der Waals surface area contributed by atoms with Gasteiger partial charge in [0.1, 0.15) is 6.54 Å². The Morgan fingerprint density at radius 3 is 2.62 bits per heavy atom. The molecule has 3 aromatic rings. The van der Waals surface area contributed by atoms with E-state index in [4.69, 9.17) is 5.26 Å². The van der Waals surface area contributed by atoms with E-state index in [0.29, 0.717) is 10.9 Å². The fourth-order valence-electron chi connectivity index (χ4n) is 2.24. The van der Waals surface area contributed by atoms with Crippen LogP contribution in [0, 0.1) is 11.3 Å². The van der Waals surface area contributed by atoms with E-state index in [1.165, 1.54) is 21.6 Å². The number of benzene rings is 1. The van der Waals surface area contributed by atoms with E-state index in [0.717, 1.165) is 10.1 Å². The summed E-state index contributed by atoms with van der Waals surface area (Å²) in [5.74, 6) is 0.466. The number of thioether (sulfide) groups is 1. The molecule has 0 fully saturated rings. The third-order valence-electron chi connectivity index (χ3n) is 3.58. The van der Waals surface area contributed by atoms with E-state index in [1.807, 2.05) is 36.4 Å². The molecule has 0 aliphatic heterocycles. The van der Waals surface area contributed by atoms with E-state index in [2.05, 4.69) is 25.9 Å². The number of anilines is 2. The summed E-state index contributed by atoms with van der Waals surface area (Å²) >= 11 is 2.84. The van der Waals surface area contributed by atoms with Gasteiger partial charge in [-0.1, -0.05) is 53.4 Å². The summed E-state index contributed by atoms with van der Waals surface area (Å²) in [6.07, 6.45) is 1.61. The number of rotatable bonds is 9. The predicted molar refractivity (Wildman–Crippen MR) is 110 cm³/mol. The highest BCUT2D eigenvalue weighted by atomic mass is 32.2. The Balaban J connectivity index is 1.39. The van der Waals surface area contributed by atoms with Gasteiger partial charge in [-0.2, -0.15) is 10.4 Å². The highest BCUT2D eigenvalue weighted by molar-refractivity contribution is 8.00. The minimum absolute atomic E-state index is 0.00532. The van der Waals surface area contributed by atoms with Gasteiger partial charge < -0.3 is 10.6 Å². The largest absolute Gasteiger partial charge is 0.309 e. The number of hydrogen-bond acceptors (Lipinski definition) is 8. The van der Waals surface area contributed by atoms with E-state index in [9.17, 15) is 9.59 Å². The Bertz CT molecular complexity index is 1010. The van der Waals surface area contributed by atoms with Gasteiger partial charge in [-0.25, -0.2) is 0 Å². The first kappa shape index (κ1) is 20.5. The van der Waals surface area contributed by atoms with E-state index in [1.54, 1.807) is 24.0 Å². The molecule has 0 bridgehead atoms. The minimum Gasteiger partial charge on any atom is -0.309 e. The Kier molecular flexibility index (Phi) is 7.32. The molecule has 2 amide bonds. The van der Waals surface area contributed by atoms with Crippen LogP contribution in [-0.2, 0) is 21.9 Å². The monoisotopic (exact) mass is 427 g/mol. The number of carbonyl (C=O) groups excluding carboxylic acids is 2. The van der Waals surface area contributed by atoms with Crippen LogP contribution in [0.25, 0.3) is 0 Å². The number of hydrogen-bond donors (Lipinski definition) is 2. The summed E-state index contributed by atoms with van der Waals surface area (Å²) in [5, 5.41) is 26.3. The number of aromatic nitrogens is 4. The molecule has 0 aliphatic carbocycles. The molecular weight excluding hydrogens is 410 g/mol. The van der Waals surface area contributed by atoms with E-state index in [-0.39, 0.29) is 31.2 Å². The molecule has 2 N–H and O–H groups in total. The van der Waals surface area contributed by atoms with Crippen molar-refractivity contribution in [1.29, 1.82) is 5.26 Å². The lowest BCUT2D eigenvalue weighted by molar-refractivity contribution is -0.121. The molecule has 148 valence electrons. The highest BCUT2D eigenvalue weighted by Crippen LogP contribution is 2.28. The topological polar surface area (TPSA) is 126 Å². The molecule has 0 saturated carbocycles. The van der Waals surface area contributed by atoms with Crippen molar-refractivity contribution in [3.8, 4) is 6.07 Å². The average molecular weight is 428 g/mol. The maximum absolute atomic E-state index is 12.0. The van der Waals surface area contributed by atoms with Crippen LogP contribution in [0.15, 0.2) is 46.9 Å². The van der Waals surface area contributed by atoms with Crippen LogP contribution in [0.2, 0.25) is 0 Å². The van der Waals surface area contributed by atoms with Crippen molar-refractivity contribution in [3.63, 3.8) is 0 Å². The van der Waals surface area contributed by atoms with Gasteiger partial charge in [0.25, 0.3) is 0 Å². The number of amides is 2. The molecule has 29 heavy (non-hydrogen) atoms. The molecule has 2 aromatic heterocycles.